The van der Waals surface area contributed by atoms with Crippen LogP contribution in [0.1, 0.15) is 46.1 Å². The first-order valence-electron chi connectivity index (χ1n) is 7.25. The number of halogens is 1. The maximum Gasteiger partial charge on any atom is 0.247 e. The van der Waals surface area contributed by atoms with Crippen LogP contribution in [0, 0.1) is 5.82 Å². The lowest BCUT2D eigenvalue weighted by molar-refractivity contribution is -0.130. The lowest BCUT2D eigenvalue weighted by Crippen LogP contribution is -2.43. The van der Waals surface area contributed by atoms with Gasteiger partial charge in [-0.25, -0.2) is 4.39 Å². The van der Waals surface area contributed by atoms with E-state index in [-0.39, 0.29) is 23.8 Å². The molecular formula is C17H24FNO. The highest BCUT2D eigenvalue weighted by Gasteiger charge is 2.21. The first kappa shape index (κ1) is 16.4. The Bertz CT molecular complexity index is 443. The summed E-state index contributed by atoms with van der Waals surface area (Å²) in [5.41, 5.74) is 0.827. The fourth-order valence-corrected chi connectivity index (χ4v) is 2.09. The topological polar surface area (TPSA) is 20.3 Å². The molecule has 0 radical (unpaired) electrons. The van der Waals surface area contributed by atoms with Crippen LogP contribution in [0.5, 0.6) is 0 Å². The number of carbonyl (C=O) groups excluding carboxylic acids is 1. The number of carbonyl (C=O) groups is 1. The largest absolute Gasteiger partial charge is 0.334 e. The first-order chi connectivity index (χ1) is 9.49. The first-order valence-corrected chi connectivity index (χ1v) is 7.25. The molecule has 2 atom stereocenters. The second kappa shape index (κ2) is 7.83. The van der Waals surface area contributed by atoms with Crippen LogP contribution in [0.3, 0.4) is 0 Å². The second-order valence-corrected chi connectivity index (χ2v) is 5.14. The minimum atomic E-state index is -0.269. The zero-order valence-corrected chi connectivity index (χ0v) is 12.8. The van der Waals surface area contributed by atoms with Crippen LogP contribution in [0.2, 0.25) is 0 Å². The van der Waals surface area contributed by atoms with Crippen molar-refractivity contribution in [2.75, 3.05) is 0 Å². The quantitative estimate of drug-likeness (QED) is 0.711. The van der Waals surface area contributed by atoms with Gasteiger partial charge in [0.2, 0.25) is 5.91 Å². The van der Waals surface area contributed by atoms with E-state index >= 15 is 0 Å². The molecule has 1 amide bonds. The summed E-state index contributed by atoms with van der Waals surface area (Å²) >= 11 is 0. The zero-order chi connectivity index (χ0) is 15.1. The molecule has 1 rings (SSSR count). The Morgan fingerprint density at radius 2 is 1.65 bits per heavy atom. The van der Waals surface area contributed by atoms with Crippen LogP contribution in [0.15, 0.2) is 30.3 Å². The second-order valence-electron chi connectivity index (χ2n) is 5.14. The summed E-state index contributed by atoms with van der Waals surface area (Å²) in [5, 5.41) is 0. The van der Waals surface area contributed by atoms with Crippen LogP contribution in [0.4, 0.5) is 4.39 Å². The van der Waals surface area contributed by atoms with Crippen LogP contribution in [0.25, 0.3) is 6.08 Å². The van der Waals surface area contributed by atoms with Gasteiger partial charge in [0.25, 0.3) is 0 Å². The van der Waals surface area contributed by atoms with E-state index in [1.807, 2.05) is 4.90 Å². The molecule has 2 unspecified atom stereocenters. The SMILES string of the molecule is CCC(C)N(C(=O)C=Cc1ccc(F)cc1)C(C)CC. The Morgan fingerprint density at radius 1 is 1.15 bits per heavy atom. The van der Waals surface area contributed by atoms with Crippen molar-refractivity contribution in [3.8, 4) is 0 Å². The van der Waals surface area contributed by atoms with Gasteiger partial charge in [-0.05, 0) is 50.5 Å². The fourth-order valence-electron chi connectivity index (χ4n) is 2.09. The monoisotopic (exact) mass is 277 g/mol. The van der Waals surface area contributed by atoms with E-state index in [1.165, 1.54) is 12.1 Å². The summed E-state index contributed by atoms with van der Waals surface area (Å²) in [6.45, 7) is 8.29. The van der Waals surface area contributed by atoms with Gasteiger partial charge in [-0.3, -0.25) is 4.79 Å². The lowest BCUT2D eigenvalue weighted by atomic mass is 10.1. The number of amides is 1. The van der Waals surface area contributed by atoms with Crippen LogP contribution < -0.4 is 0 Å². The summed E-state index contributed by atoms with van der Waals surface area (Å²) in [6, 6.07) is 6.55. The Labute approximate surface area is 121 Å². The molecule has 0 aliphatic carbocycles. The summed E-state index contributed by atoms with van der Waals surface area (Å²) < 4.78 is 12.8. The van der Waals surface area contributed by atoms with Crippen LogP contribution in [-0.4, -0.2) is 22.9 Å². The Balaban J connectivity index is 2.82. The molecule has 1 aromatic rings. The van der Waals surface area contributed by atoms with Gasteiger partial charge < -0.3 is 4.90 Å². The van der Waals surface area contributed by atoms with Crippen molar-refractivity contribution in [1.82, 2.24) is 4.90 Å². The van der Waals surface area contributed by atoms with Crippen molar-refractivity contribution < 1.29 is 9.18 Å². The van der Waals surface area contributed by atoms with E-state index in [0.717, 1.165) is 18.4 Å². The predicted molar refractivity (Wildman–Crippen MR) is 81.8 cm³/mol. The van der Waals surface area contributed by atoms with E-state index in [9.17, 15) is 9.18 Å². The molecule has 0 aromatic heterocycles. The molecule has 0 spiro atoms. The third-order valence-corrected chi connectivity index (χ3v) is 3.67. The molecule has 0 aliphatic rings. The standard InChI is InChI=1S/C17H24FNO/c1-5-13(3)19(14(4)6-2)17(20)12-9-15-7-10-16(18)11-8-15/h7-14H,5-6H2,1-4H3. The molecular weight excluding hydrogens is 253 g/mol. The number of rotatable bonds is 6. The molecule has 1 aromatic carbocycles. The molecule has 0 heterocycles. The maximum atomic E-state index is 12.8. The molecule has 110 valence electrons. The molecule has 0 N–H and O–H groups in total. The predicted octanol–water partition coefficient (Wildman–Crippen LogP) is 4.26. The molecule has 2 nitrogen and oxygen atoms in total. The molecule has 20 heavy (non-hydrogen) atoms. The van der Waals surface area contributed by atoms with Crippen molar-refractivity contribution in [2.45, 2.75) is 52.6 Å². The smallest absolute Gasteiger partial charge is 0.247 e. The van der Waals surface area contributed by atoms with Gasteiger partial charge in [-0.2, -0.15) is 0 Å². The lowest BCUT2D eigenvalue weighted by Gasteiger charge is -2.33. The molecule has 0 bridgehead atoms. The Hall–Kier alpha value is -1.64. The summed E-state index contributed by atoms with van der Waals surface area (Å²) in [5.74, 6) is -0.257. The number of hydrogen-bond donors (Lipinski definition) is 0. The minimum Gasteiger partial charge on any atom is -0.334 e. The van der Waals surface area contributed by atoms with E-state index in [4.69, 9.17) is 0 Å². The van der Waals surface area contributed by atoms with Gasteiger partial charge >= 0.3 is 0 Å². The van der Waals surface area contributed by atoms with Gasteiger partial charge in [0.15, 0.2) is 0 Å². The van der Waals surface area contributed by atoms with Crippen molar-refractivity contribution in [3.05, 3.63) is 41.7 Å². The third-order valence-electron chi connectivity index (χ3n) is 3.67. The molecule has 0 aliphatic heterocycles. The highest BCUT2D eigenvalue weighted by molar-refractivity contribution is 5.92. The average molecular weight is 277 g/mol. The van der Waals surface area contributed by atoms with Gasteiger partial charge in [0.1, 0.15) is 5.82 Å². The zero-order valence-electron chi connectivity index (χ0n) is 12.8. The van der Waals surface area contributed by atoms with Gasteiger partial charge in [0.05, 0.1) is 0 Å². The van der Waals surface area contributed by atoms with Crippen molar-refractivity contribution >= 4 is 12.0 Å². The highest BCUT2D eigenvalue weighted by atomic mass is 19.1. The normalized spacial score (nSPS) is 14.2. The summed E-state index contributed by atoms with van der Waals surface area (Å²) in [7, 11) is 0. The van der Waals surface area contributed by atoms with E-state index in [2.05, 4.69) is 27.7 Å². The van der Waals surface area contributed by atoms with Gasteiger partial charge in [-0.1, -0.05) is 26.0 Å². The fraction of sp³-hybridized carbons (Fsp3) is 0.471. The van der Waals surface area contributed by atoms with E-state index in [0.29, 0.717) is 0 Å². The van der Waals surface area contributed by atoms with E-state index < -0.39 is 0 Å². The van der Waals surface area contributed by atoms with Gasteiger partial charge in [-0.15, -0.1) is 0 Å². The molecule has 0 saturated carbocycles. The van der Waals surface area contributed by atoms with Gasteiger partial charge in [0, 0.05) is 18.2 Å². The van der Waals surface area contributed by atoms with Crippen LogP contribution in [-0.2, 0) is 4.79 Å². The Kier molecular flexibility index (Phi) is 6.43. The Morgan fingerprint density at radius 3 is 2.10 bits per heavy atom. The molecule has 3 heteroatoms. The number of nitrogens with zero attached hydrogens (tertiary/aromatic N) is 1. The minimum absolute atomic E-state index is 0.0121. The number of hydrogen-bond acceptors (Lipinski definition) is 1. The molecule has 0 fully saturated rings. The summed E-state index contributed by atoms with van der Waals surface area (Å²) in [6.07, 6.45) is 5.17. The van der Waals surface area contributed by atoms with E-state index in [1.54, 1.807) is 24.3 Å². The highest BCUT2D eigenvalue weighted by Crippen LogP contribution is 2.13. The maximum absolute atomic E-state index is 12.8. The van der Waals surface area contributed by atoms with Crippen molar-refractivity contribution in [1.29, 1.82) is 0 Å². The average Bonchev–Trinajstić information content (AvgIpc) is 2.46. The third kappa shape index (κ3) is 4.48. The summed E-state index contributed by atoms with van der Waals surface area (Å²) in [4.78, 5) is 14.3. The molecule has 0 saturated heterocycles. The van der Waals surface area contributed by atoms with Crippen molar-refractivity contribution in [3.63, 3.8) is 0 Å². The van der Waals surface area contributed by atoms with Crippen LogP contribution >= 0.6 is 0 Å². The van der Waals surface area contributed by atoms with Crippen molar-refractivity contribution in [2.24, 2.45) is 0 Å². The number of benzene rings is 1.